The first kappa shape index (κ1) is 10.8. The molecule has 0 saturated heterocycles. The summed E-state index contributed by atoms with van der Waals surface area (Å²) in [7, 11) is 0. The number of amidine groups is 1. The summed E-state index contributed by atoms with van der Waals surface area (Å²) in [4.78, 5) is 4.62. The van der Waals surface area contributed by atoms with Gasteiger partial charge in [0.05, 0.1) is 5.84 Å². The van der Waals surface area contributed by atoms with Gasteiger partial charge in [-0.05, 0) is 30.4 Å². The van der Waals surface area contributed by atoms with Crippen molar-refractivity contribution in [2.24, 2.45) is 4.99 Å². The molecule has 1 N–H and O–H groups in total. The number of benzene rings is 1. The van der Waals surface area contributed by atoms with Crippen LogP contribution in [0.5, 0.6) is 0 Å². The van der Waals surface area contributed by atoms with E-state index in [1.807, 2.05) is 0 Å². The van der Waals surface area contributed by atoms with Crippen molar-refractivity contribution in [3.63, 3.8) is 0 Å². The van der Waals surface area contributed by atoms with Crippen LogP contribution < -0.4 is 5.32 Å². The highest BCUT2D eigenvalue weighted by atomic mass is 15.0. The Morgan fingerprint density at radius 1 is 1.18 bits per heavy atom. The third kappa shape index (κ3) is 2.36. The lowest BCUT2D eigenvalue weighted by Crippen LogP contribution is -2.33. The molecule has 0 bridgehead atoms. The summed E-state index contributed by atoms with van der Waals surface area (Å²) in [6.45, 7) is 2.08. The number of fused-ring (bicyclic) bond motifs is 1. The van der Waals surface area contributed by atoms with Gasteiger partial charge in [0.25, 0.3) is 0 Å². The minimum absolute atomic E-state index is 0.706. The summed E-state index contributed by atoms with van der Waals surface area (Å²) in [6.07, 6.45) is 6.27. The van der Waals surface area contributed by atoms with Crippen LogP contribution in [-0.4, -0.2) is 18.9 Å². The van der Waals surface area contributed by atoms with Crippen molar-refractivity contribution in [3.05, 3.63) is 35.4 Å². The van der Waals surface area contributed by atoms with Gasteiger partial charge in [-0.1, -0.05) is 30.7 Å². The molecule has 17 heavy (non-hydrogen) atoms. The molecule has 1 heterocycles. The van der Waals surface area contributed by atoms with Gasteiger partial charge in [-0.15, -0.1) is 0 Å². The first-order chi connectivity index (χ1) is 8.43. The lowest BCUT2D eigenvalue weighted by atomic mass is 9.77. The molecule has 1 atom stereocenters. The molecular formula is C15H20N2. The van der Waals surface area contributed by atoms with Crippen LogP contribution in [-0.2, 0) is 6.42 Å². The first-order valence-electron chi connectivity index (χ1n) is 6.78. The number of nitrogens with one attached hydrogen (secondary N) is 1. The van der Waals surface area contributed by atoms with E-state index in [0.29, 0.717) is 5.92 Å². The van der Waals surface area contributed by atoms with Crippen molar-refractivity contribution >= 4 is 5.84 Å². The standard InChI is InChI=1S/C15H20N2/c1-2-8-15(16-9-5-1)17-11-13-10-12-6-3-4-7-14(12)13/h3-4,6-7,13H,1-2,5,8-11H2,(H,16,17). The summed E-state index contributed by atoms with van der Waals surface area (Å²) in [5, 5.41) is 3.55. The van der Waals surface area contributed by atoms with E-state index in [4.69, 9.17) is 0 Å². The van der Waals surface area contributed by atoms with Crippen molar-refractivity contribution in [3.8, 4) is 0 Å². The highest BCUT2D eigenvalue weighted by Gasteiger charge is 2.25. The van der Waals surface area contributed by atoms with Crippen LogP contribution in [0.2, 0.25) is 0 Å². The van der Waals surface area contributed by atoms with E-state index in [9.17, 15) is 0 Å². The fourth-order valence-electron chi connectivity index (χ4n) is 2.80. The third-order valence-corrected chi connectivity index (χ3v) is 3.89. The lowest BCUT2D eigenvalue weighted by Gasteiger charge is -2.30. The van der Waals surface area contributed by atoms with Gasteiger partial charge in [0.1, 0.15) is 0 Å². The summed E-state index contributed by atoms with van der Waals surface area (Å²) in [6, 6.07) is 8.79. The summed E-state index contributed by atoms with van der Waals surface area (Å²) < 4.78 is 0. The molecule has 2 heteroatoms. The minimum Gasteiger partial charge on any atom is -0.373 e. The zero-order valence-corrected chi connectivity index (χ0v) is 10.3. The minimum atomic E-state index is 0.706. The van der Waals surface area contributed by atoms with Crippen LogP contribution >= 0.6 is 0 Å². The summed E-state index contributed by atoms with van der Waals surface area (Å²) in [5.41, 5.74) is 3.07. The van der Waals surface area contributed by atoms with Gasteiger partial charge in [-0.2, -0.15) is 0 Å². The maximum atomic E-state index is 4.62. The summed E-state index contributed by atoms with van der Waals surface area (Å²) >= 11 is 0. The predicted molar refractivity (Wildman–Crippen MR) is 71.7 cm³/mol. The molecule has 0 fully saturated rings. The average Bonchev–Trinajstić information content (AvgIpc) is 2.59. The van der Waals surface area contributed by atoms with E-state index in [1.165, 1.54) is 42.6 Å². The molecular weight excluding hydrogens is 208 g/mol. The van der Waals surface area contributed by atoms with Gasteiger partial charge in [-0.3, -0.25) is 4.99 Å². The maximum absolute atomic E-state index is 4.62. The van der Waals surface area contributed by atoms with E-state index in [2.05, 4.69) is 34.6 Å². The van der Waals surface area contributed by atoms with Crippen molar-refractivity contribution < 1.29 is 0 Å². The Balaban J connectivity index is 1.54. The van der Waals surface area contributed by atoms with Crippen LogP contribution in [0.25, 0.3) is 0 Å². The van der Waals surface area contributed by atoms with Crippen molar-refractivity contribution in [1.29, 1.82) is 0 Å². The second kappa shape index (κ2) is 4.91. The SMILES string of the molecule is c1ccc2c(c1)CC2CNC1=NCCCCC1. The largest absolute Gasteiger partial charge is 0.373 e. The fourth-order valence-corrected chi connectivity index (χ4v) is 2.80. The molecule has 1 aliphatic carbocycles. The highest BCUT2D eigenvalue weighted by molar-refractivity contribution is 5.82. The van der Waals surface area contributed by atoms with Gasteiger partial charge in [0, 0.05) is 25.4 Å². The molecule has 1 aromatic carbocycles. The number of hydrogen-bond acceptors (Lipinski definition) is 2. The molecule has 0 saturated carbocycles. The number of rotatable bonds is 2. The number of nitrogens with zero attached hydrogens (tertiary/aromatic N) is 1. The van der Waals surface area contributed by atoms with Gasteiger partial charge >= 0.3 is 0 Å². The monoisotopic (exact) mass is 228 g/mol. The van der Waals surface area contributed by atoms with Gasteiger partial charge in [-0.25, -0.2) is 0 Å². The molecule has 1 aromatic rings. The number of hydrogen-bond donors (Lipinski definition) is 1. The van der Waals surface area contributed by atoms with Crippen molar-refractivity contribution in [2.75, 3.05) is 13.1 Å². The molecule has 0 amide bonds. The quantitative estimate of drug-likeness (QED) is 0.827. The average molecular weight is 228 g/mol. The second-order valence-electron chi connectivity index (χ2n) is 5.12. The van der Waals surface area contributed by atoms with Gasteiger partial charge in [0.2, 0.25) is 0 Å². The van der Waals surface area contributed by atoms with Gasteiger partial charge in [0.15, 0.2) is 0 Å². The molecule has 2 nitrogen and oxygen atoms in total. The third-order valence-electron chi connectivity index (χ3n) is 3.89. The zero-order valence-electron chi connectivity index (χ0n) is 10.3. The van der Waals surface area contributed by atoms with Crippen LogP contribution in [0.1, 0.15) is 42.7 Å². The topological polar surface area (TPSA) is 24.4 Å². The Bertz CT molecular complexity index is 423. The van der Waals surface area contributed by atoms with E-state index in [1.54, 1.807) is 0 Å². The Morgan fingerprint density at radius 3 is 3.06 bits per heavy atom. The summed E-state index contributed by atoms with van der Waals surface area (Å²) in [5.74, 6) is 1.95. The van der Waals surface area contributed by atoms with Crippen LogP contribution in [0, 0.1) is 0 Å². The number of aliphatic imine (C=N–C) groups is 1. The van der Waals surface area contributed by atoms with Crippen molar-refractivity contribution in [1.82, 2.24) is 5.32 Å². The Hall–Kier alpha value is -1.31. The highest BCUT2D eigenvalue weighted by Crippen LogP contribution is 2.34. The molecule has 3 rings (SSSR count). The van der Waals surface area contributed by atoms with E-state index in [-0.39, 0.29) is 0 Å². The maximum Gasteiger partial charge on any atom is 0.0963 e. The Labute approximate surface area is 103 Å². The second-order valence-corrected chi connectivity index (χ2v) is 5.12. The molecule has 90 valence electrons. The van der Waals surface area contributed by atoms with Crippen LogP contribution in [0.4, 0.5) is 0 Å². The molecule has 0 aromatic heterocycles. The van der Waals surface area contributed by atoms with E-state index >= 15 is 0 Å². The van der Waals surface area contributed by atoms with Crippen molar-refractivity contribution in [2.45, 2.75) is 38.0 Å². The predicted octanol–water partition coefficient (Wildman–Crippen LogP) is 2.89. The molecule has 1 unspecified atom stereocenters. The van der Waals surface area contributed by atoms with E-state index in [0.717, 1.165) is 19.5 Å². The molecule has 2 aliphatic rings. The molecule has 0 spiro atoms. The smallest absolute Gasteiger partial charge is 0.0963 e. The molecule has 1 aliphatic heterocycles. The Kier molecular flexibility index (Phi) is 3.12. The van der Waals surface area contributed by atoms with Gasteiger partial charge < -0.3 is 5.32 Å². The first-order valence-corrected chi connectivity index (χ1v) is 6.78. The zero-order chi connectivity index (χ0) is 11.5. The lowest BCUT2D eigenvalue weighted by molar-refractivity contribution is 0.586. The van der Waals surface area contributed by atoms with E-state index < -0.39 is 0 Å². The van der Waals surface area contributed by atoms with Crippen LogP contribution in [0.3, 0.4) is 0 Å². The van der Waals surface area contributed by atoms with Crippen LogP contribution in [0.15, 0.2) is 29.3 Å². The molecule has 0 radical (unpaired) electrons. The Morgan fingerprint density at radius 2 is 2.12 bits per heavy atom. The fraction of sp³-hybridized carbons (Fsp3) is 0.533. The normalized spacial score (nSPS) is 23.1.